The van der Waals surface area contributed by atoms with E-state index in [0.717, 1.165) is 5.56 Å². The first-order valence-electron chi connectivity index (χ1n) is 8.87. The third kappa shape index (κ3) is 3.95. The fraction of sp³-hybridized carbons (Fsp3) is 0.0952. The zero-order valence-corrected chi connectivity index (χ0v) is 15.6. The number of aryl methyl sites for hydroxylation is 1. The second-order valence-electron chi connectivity index (χ2n) is 6.51. The molecular formula is C21H15F3N4O2. The van der Waals surface area contributed by atoms with Gasteiger partial charge in [-0.05, 0) is 36.8 Å². The van der Waals surface area contributed by atoms with E-state index in [1.54, 1.807) is 25.3 Å². The molecule has 1 amide bonds. The van der Waals surface area contributed by atoms with Crippen LogP contribution in [-0.2, 0) is 0 Å². The quantitative estimate of drug-likeness (QED) is 0.499. The smallest absolute Gasteiger partial charge is 0.406 e. The normalized spacial score (nSPS) is 11.1. The summed E-state index contributed by atoms with van der Waals surface area (Å²) in [5.74, 6) is -0.0814. The molecule has 0 fully saturated rings. The summed E-state index contributed by atoms with van der Waals surface area (Å²) in [6.45, 7) is 1.79. The number of alkyl halides is 2. The Morgan fingerprint density at radius 3 is 2.63 bits per heavy atom. The number of rotatable bonds is 4. The van der Waals surface area contributed by atoms with Gasteiger partial charge < -0.3 is 4.74 Å². The number of fused-ring (bicyclic) bond motifs is 1. The highest BCUT2D eigenvalue weighted by molar-refractivity contribution is 5.87. The number of halogens is 3. The van der Waals surface area contributed by atoms with Crippen molar-refractivity contribution in [2.45, 2.75) is 13.3 Å². The van der Waals surface area contributed by atoms with Crippen LogP contribution in [0.2, 0.25) is 0 Å². The molecule has 0 aliphatic heterocycles. The molecule has 2 aromatic carbocycles. The zero-order valence-electron chi connectivity index (χ0n) is 15.6. The molecule has 0 saturated heterocycles. The van der Waals surface area contributed by atoms with Crippen LogP contribution in [0, 0.1) is 12.7 Å². The van der Waals surface area contributed by atoms with Crippen LogP contribution in [0.25, 0.3) is 22.3 Å². The maximum atomic E-state index is 13.4. The lowest BCUT2D eigenvalue weighted by atomic mass is 10.1. The maximum absolute atomic E-state index is 13.4. The van der Waals surface area contributed by atoms with Crippen LogP contribution in [0.15, 0.2) is 61.1 Å². The van der Waals surface area contributed by atoms with Gasteiger partial charge in [0.1, 0.15) is 5.82 Å². The SMILES string of the molecule is Cc1cn(NC(=O)Oc2cnc(-c3cccc(C(F)F)c3)nc2)c2ccc(F)cc12. The average Bonchev–Trinajstić information content (AvgIpc) is 3.03. The number of hydrogen-bond donors (Lipinski definition) is 1. The largest absolute Gasteiger partial charge is 0.432 e. The van der Waals surface area contributed by atoms with E-state index in [0.29, 0.717) is 16.5 Å². The number of carbonyl (C=O) groups is 1. The van der Waals surface area contributed by atoms with Crippen LogP contribution in [0.4, 0.5) is 18.0 Å². The van der Waals surface area contributed by atoms with Gasteiger partial charge in [0.25, 0.3) is 6.43 Å². The topological polar surface area (TPSA) is 69.0 Å². The second-order valence-corrected chi connectivity index (χ2v) is 6.51. The Morgan fingerprint density at radius 2 is 1.90 bits per heavy atom. The molecule has 0 unspecified atom stereocenters. The highest BCUT2D eigenvalue weighted by atomic mass is 19.3. The Balaban J connectivity index is 1.47. The molecule has 152 valence electrons. The number of nitrogens with one attached hydrogen (secondary N) is 1. The van der Waals surface area contributed by atoms with E-state index in [-0.39, 0.29) is 23.0 Å². The van der Waals surface area contributed by atoms with Crippen molar-refractivity contribution in [2.24, 2.45) is 0 Å². The van der Waals surface area contributed by atoms with Crippen LogP contribution in [0.5, 0.6) is 5.75 Å². The van der Waals surface area contributed by atoms with E-state index in [1.165, 1.54) is 47.4 Å². The van der Waals surface area contributed by atoms with Gasteiger partial charge >= 0.3 is 6.09 Å². The number of nitrogens with zero attached hydrogens (tertiary/aromatic N) is 3. The summed E-state index contributed by atoms with van der Waals surface area (Å²) in [6.07, 6.45) is 0.783. The number of benzene rings is 2. The zero-order chi connectivity index (χ0) is 21.3. The van der Waals surface area contributed by atoms with Crippen molar-refractivity contribution in [3.63, 3.8) is 0 Å². The van der Waals surface area contributed by atoms with Crippen LogP contribution in [0.3, 0.4) is 0 Å². The molecule has 0 aliphatic rings. The van der Waals surface area contributed by atoms with E-state index >= 15 is 0 Å². The van der Waals surface area contributed by atoms with Gasteiger partial charge in [0.2, 0.25) is 0 Å². The molecule has 0 spiro atoms. The van der Waals surface area contributed by atoms with Crippen molar-refractivity contribution in [3.05, 3.63) is 78.0 Å². The number of ether oxygens (including phenoxy) is 1. The first kappa shape index (κ1) is 19.4. The highest BCUT2D eigenvalue weighted by Gasteiger charge is 2.12. The Labute approximate surface area is 168 Å². The summed E-state index contributed by atoms with van der Waals surface area (Å²) in [6, 6.07) is 9.94. The van der Waals surface area contributed by atoms with Gasteiger partial charge in [-0.25, -0.2) is 33.4 Å². The highest BCUT2D eigenvalue weighted by Crippen LogP contribution is 2.24. The van der Waals surface area contributed by atoms with Gasteiger partial charge in [-0.3, -0.25) is 4.68 Å². The monoisotopic (exact) mass is 412 g/mol. The average molecular weight is 412 g/mol. The number of amides is 1. The van der Waals surface area contributed by atoms with E-state index < -0.39 is 12.5 Å². The Morgan fingerprint density at radius 1 is 1.13 bits per heavy atom. The van der Waals surface area contributed by atoms with Crippen molar-refractivity contribution in [2.75, 3.05) is 5.43 Å². The van der Waals surface area contributed by atoms with Crippen molar-refractivity contribution in [1.29, 1.82) is 0 Å². The second kappa shape index (κ2) is 7.86. The molecule has 0 radical (unpaired) electrons. The third-order valence-electron chi connectivity index (χ3n) is 4.41. The summed E-state index contributed by atoms with van der Waals surface area (Å²) >= 11 is 0. The van der Waals surface area contributed by atoms with Gasteiger partial charge in [0, 0.05) is 22.7 Å². The standard InChI is InChI=1S/C21H15F3N4O2/c1-12-11-28(18-6-5-15(22)8-17(12)18)27-21(29)30-16-9-25-20(26-10-16)14-4-2-3-13(7-14)19(23)24/h2-11,19H,1H3,(H,27,29). The summed E-state index contributed by atoms with van der Waals surface area (Å²) in [4.78, 5) is 20.3. The molecule has 2 heterocycles. The predicted molar refractivity (Wildman–Crippen MR) is 104 cm³/mol. The van der Waals surface area contributed by atoms with Crippen LogP contribution >= 0.6 is 0 Å². The van der Waals surface area contributed by atoms with Crippen molar-refractivity contribution < 1.29 is 22.7 Å². The predicted octanol–water partition coefficient (Wildman–Crippen LogP) is 5.23. The van der Waals surface area contributed by atoms with Crippen LogP contribution in [0.1, 0.15) is 17.6 Å². The molecule has 6 nitrogen and oxygen atoms in total. The summed E-state index contributed by atoms with van der Waals surface area (Å²) in [7, 11) is 0. The molecule has 4 rings (SSSR count). The van der Waals surface area contributed by atoms with Gasteiger partial charge in [-0.2, -0.15) is 0 Å². The molecular weight excluding hydrogens is 397 g/mol. The van der Waals surface area contributed by atoms with E-state index in [1.807, 2.05) is 0 Å². The molecule has 0 saturated carbocycles. The first-order chi connectivity index (χ1) is 14.4. The molecule has 1 N–H and O–H groups in total. The Bertz CT molecular complexity index is 1220. The van der Waals surface area contributed by atoms with Crippen molar-refractivity contribution in [3.8, 4) is 17.1 Å². The fourth-order valence-electron chi connectivity index (χ4n) is 3.02. The molecule has 0 bridgehead atoms. The molecule has 30 heavy (non-hydrogen) atoms. The van der Waals surface area contributed by atoms with Crippen molar-refractivity contribution >= 4 is 17.0 Å². The maximum Gasteiger partial charge on any atom is 0.432 e. The minimum absolute atomic E-state index is 0.0699. The Kier molecular flexibility index (Phi) is 5.09. The van der Waals surface area contributed by atoms with Gasteiger partial charge in [0.05, 0.1) is 17.9 Å². The van der Waals surface area contributed by atoms with E-state index in [2.05, 4.69) is 15.4 Å². The first-order valence-corrected chi connectivity index (χ1v) is 8.87. The molecule has 4 aromatic rings. The van der Waals surface area contributed by atoms with Crippen LogP contribution in [-0.4, -0.2) is 20.7 Å². The van der Waals surface area contributed by atoms with E-state index in [4.69, 9.17) is 4.74 Å². The minimum Gasteiger partial charge on any atom is -0.406 e. The molecule has 9 heteroatoms. The minimum atomic E-state index is -2.60. The number of carbonyl (C=O) groups excluding carboxylic acids is 1. The summed E-state index contributed by atoms with van der Waals surface area (Å²) in [5, 5.41) is 0.661. The van der Waals surface area contributed by atoms with Crippen LogP contribution < -0.4 is 10.2 Å². The number of hydrogen-bond acceptors (Lipinski definition) is 4. The van der Waals surface area contributed by atoms with Gasteiger partial charge in [0.15, 0.2) is 11.6 Å². The lowest BCUT2D eigenvalue weighted by Gasteiger charge is -2.09. The summed E-state index contributed by atoms with van der Waals surface area (Å²) < 4.78 is 45.7. The van der Waals surface area contributed by atoms with Crippen molar-refractivity contribution in [1.82, 2.24) is 14.6 Å². The third-order valence-corrected chi connectivity index (χ3v) is 4.41. The lowest BCUT2D eigenvalue weighted by Crippen LogP contribution is -2.25. The number of aromatic nitrogens is 3. The van der Waals surface area contributed by atoms with Gasteiger partial charge in [-0.15, -0.1) is 0 Å². The van der Waals surface area contributed by atoms with E-state index in [9.17, 15) is 18.0 Å². The molecule has 0 atom stereocenters. The molecule has 2 aromatic heterocycles. The lowest BCUT2D eigenvalue weighted by molar-refractivity contribution is 0.151. The summed E-state index contributed by atoms with van der Waals surface area (Å²) in [5.41, 5.74) is 4.21. The fourth-order valence-corrected chi connectivity index (χ4v) is 3.02. The Hall–Kier alpha value is -3.88. The molecule has 0 aliphatic carbocycles. The van der Waals surface area contributed by atoms with Gasteiger partial charge in [-0.1, -0.05) is 18.2 Å².